The second kappa shape index (κ2) is 14.3. The van der Waals surface area contributed by atoms with Crippen molar-refractivity contribution in [3.8, 4) is 16.9 Å². The van der Waals surface area contributed by atoms with Crippen molar-refractivity contribution in [3.05, 3.63) is 95.7 Å². The van der Waals surface area contributed by atoms with E-state index in [4.69, 9.17) is 9.15 Å². The zero-order valence-electron chi connectivity index (χ0n) is 27.7. The fourth-order valence-corrected chi connectivity index (χ4v) is 6.60. The number of aryl methyl sites for hydroxylation is 1. The predicted octanol–water partition coefficient (Wildman–Crippen LogP) is 6.82. The van der Waals surface area contributed by atoms with E-state index in [-0.39, 0.29) is 18.4 Å². The summed E-state index contributed by atoms with van der Waals surface area (Å²) in [5, 5.41) is 0. The van der Waals surface area contributed by atoms with Crippen LogP contribution in [0.1, 0.15) is 64.8 Å². The SMILES string of the molecule is CCC(=Cc1oc2ccc(-c3ccccc3)cc2[n+]1CCS(=O)(=O)O)C=C1Oc2ccc(C(C)(C)CC)cc2N1CCCCS(=O)(=O)[O-]. The van der Waals surface area contributed by atoms with Crippen LogP contribution in [0.3, 0.4) is 0 Å². The summed E-state index contributed by atoms with van der Waals surface area (Å²) in [6, 6.07) is 21.6. The number of aromatic nitrogens is 1. The Morgan fingerprint density at radius 3 is 2.38 bits per heavy atom. The number of oxazole rings is 1. The molecule has 256 valence electrons. The summed E-state index contributed by atoms with van der Waals surface area (Å²) in [7, 11) is -8.57. The van der Waals surface area contributed by atoms with Crippen molar-refractivity contribution in [1.82, 2.24) is 0 Å². The van der Waals surface area contributed by atoms with Crippen LogP contribution in [0.15, 0.2) is 88.7 Å². The molecular weight excluding hydrogens is 653 g/mol. The van der Waals surface area contributed by atoms with Crippen LogP contribution >= 0.6 is 0 Å². The van der Waals surface area contributed by atoms with Crippen LogP contribution < -0.4 is 14.2 Å². The molecular formula is C36H42N2O8S2. The molecule has 0 radical (unpaired) electrons. The van der Waals surface area contributed by atoms with E-state index in [1.807, 2.05) is 78.6 Å². The molecule has 4 aromatic rings. The Bertz CT molecular complexity index is 2070. The van der Waals surface area contributed by atoms with Crippen LogP contribution in [0.2, 0.25) is 0 Å². The average molecular weight is 695 g/mol. The monoisotopic (exact) mass is 694 g/mol. The van der Waals surface area contributed by atoms with E-state index in [2.05, 4.69) is 32.9 Å². The number of ether oxygens (including phenoxy) is 1. The maximum Gasteiger partial charge on any atom is 0.374 e. The van der Waals surface area contributed by atoms with E-state index in [0.717, 1.165) is 34.4 Å². The summed E-state index contributed by atoms with van der Waals surface area (Å²) in [6.07, 6.45) is 5.91. The molecule has 0 aliphatic carbocycles. The highest BCUT2D eigenvalue weighted by molar-refractivity contribution is 7.85. The highest BCUT2D eigenvalue weighted by Gasteiger charge is 2.30. The minimum Gasteiger partial charge on any atom is -0.748 e. The molecule has 3 aromatic carbocycles. The van der Waals surface area contributed by atoms with Crippen molar-refractivity contribution in [2.45, 2.75) is 65.3 Å². The van der Waals surface area contributed by atoms with Crippen molar-refractivity contribution in [2.75, 3.05) is 23.0 Å². The van der Waals surface area contributed by atoms with Gasteiger partial charge in [0.05, 0.1) is 21.9 Å². The minimum absolute atomic E-state index is 0.0316. The molecule has 0 amide bonds. The molecule has 0 spiro atoms. The summed E-state index contributed by atoms with van der Waals surface area (Å²) >= 11 is 0. The Balaban J connectivity index is 1.55. The van der Waals surface area contributed by atoms with Gasteiger partial charge in [0.1, 0.15) is 5.75 Å². The van der Waals surface area contributed by atoms with Crippen molar-refractivity contribution in [1.29, 1.82) is 0 Å². The smallest absolute Gasteiger partial charge is 0.374 e. The van der Waals surface area contributed by atoms with E-state index < -0.39 is 31.7 Å². The van der Waals surface area contributed by atoms with Gasteiger partial charge in [-0.2, -0.15) is 13.0 Å². The molecule has 1 N–H and O–H groups in total. The second-order valence-electron chi connectivity index (χ2n) is 12.6. The Morgan fingerprint density at radius 2 is 1.71 bits per heavy atom. The molecule has 5 rings (SSSR count). The zero-order chi connectivity index (χ0) is 34.7. The molecule has 0 bridgehead atoms. The number of hydrogen-bond acceptors (Lipinski definition) is 8. The Labute approximate surface area is 282 Å². The van der Waals surface area contributed by atoms with Crippen molar-refractivity contribution in [2.24, 2.45) is 0 Å². The van der Waals surface area contributed by atoms with Gasteiger partial charge in [-0.1, -0.05) is 70.2 Å². The first-order chi connectivity index (χ1) is 22.7. The van der Waals surface area contributed by atoms with Gasteiger partial charge in [0, 0.05) is 24.4 Å². The molecule has 48 heavy (non-hydrogen) atoms. The number of rotatable bonds is 14. The lowest BCUT2D eigenvalue weighted by atomic mass is 9.82. The van der Waals surface area contributed by atoms with Gasteiger partial charge < -0.3 is 18.6 Å². The number of benzene rings is 3. The van der Waals surface area contributed by atoms with Crippen molar-refractivity contribution >= 4 is 43.1 Å². The maximum atomic E-state index is 11.8. The summed E-state index contributed by atoms with van der Waals surface area (Å²) in [4.78, 5) is 2.00. The predicted molar refractivity (Wildman–Crippen MR) is 186 cm³/mol. The molecule has 0 saturated heterocycles. The van der Waals surface area contributed by atoms with E-state index >= 15 is 0 Å². The zero-order valence-corrected chi connectivity index (χ0v) is 29.3. The maximum absolute atomic E-state index is 11.8. The number of nitrogens with zero attached hydrogens (tertiary/aromatic N) is 2. The Kier molecular flexibility index (Phi) is 10.5. The first-order valence-electron chi connectivity index (χ1n) is 16.1. The second-order valence-corrected chi connectivity index (χ2v) is 15.7. The molecule has 12 heteroatoms. The van der Waals surface area contributed by atoms with Gasteiger partial charge >= 0.3 is 5.89 Å². The molecule has 0 unspecified atom stereocenters. The van der Waals surface area contributed by atoms with Gasteiger partial charge in [-0.3, -0.25) is 4.55 Å². The van der Waals surface area contributed by atoms with Crippen LogP contribution in [-0.2, 0) is 32.2 Å². The molecule has 0 fully saturated rings. The highest BCUT2D eigenvalue weighted by atomic mass is 32.2. The molecule has 1 aliphatic heterocycles. The first kappa shape index (κ1) is 35.3. The normalized spacial score (nSPS) is 14.9. The lowest BCUT2D eigenvalue weighted by Crippen LogP contribution is -2.38. The molecule has 0 saturated carbocycles. The van der Waals surface area contributed by atoms with Gasteiger partial charge in [0.25, 0.3) is 15.6 Å². The largest absolute Gasteiger partial charge is 0.748 e. The van der Waals surface area contributed by atoms with Gasteiger partial charge in [-0.15, -0.1) is 0 Å². The Hall–Kier alpha value is -3.97. The number of anilines is 1. The van der Waals surface area contributed by atoms with E-state index in [0.29, 0.717) is 48.0 Å². The highest BCUT2D eigenvalue weighted by Crippen LogP contribution is 2.43. The van der Waals surface area contributed by atoms with Crippen molar-refractivity contribution < 1.29 is 39.7 Å². The molecule has 10 nitrogen and oxygen atoms in total. The van der Waals surface area contributed by atoms with Gasteiger partial charge in [0.15, 0.2) is 12.3 Å². The van der Waals surface area contributed by atoms with E-state index in [1.165, 1.54) is 0 Å². The summed E-state index contributed by atoms with van der Waals surface area (Å²) in [6.45, 7) is 8.87. The van der Waals surface area contributed by atoms with Crippen LogP contribution in [0, 0.1) is 0 Å². The summed E-state index contributed by atoms with van der Waals surface area (Å²) in [5.41, 5.74) is 5.92. The molecule has 1 aromatic heterocycles. The number of allylic oxidation sites excluding steroid dienone is 2. The lowest BCUT2D eigenvalue weighted by Gasteiger charge is -2.25. The topological polar surface area (TPSA) is 141 Å². The van der Waals surface area contributed by atoms with Crippen molar-refractivity contribution in [3.63, 3.8) is 0 Å². The molecule has 2 heterocycles. The first-order valence-corrected chi connectivity index (χ1v) is 19.3. The quantitative estimate of drug-likeness (QED) is 0.0855. The molecule has 0 atom stereocenters. The van der Waals surface area contributed by atoms with Crippen LogP contribution in [0.5, 0.6) is 5.75 Å². The van der Waals surface area contributed by atoms with Crippen LogP contribution in [0.4, 0.5) is 5.69 Å². The number of unbranched alkanes of at least 4 members (excludes halogenated alkanes) is 1. The number of fused-ring (bicyclic) bond motifs is 2. The minimum atomic E-state index is -4.32. The van der Waals surface area contributed by atoms with Gasteiger partial charge in [-0.25, -0.2) is 8.42 Å². The van der Waals surface area contributed by atoms with Crippen LogP contribution in [-0.4, -0.2) is 44.0 Å². The molecule has 1 aliphatic rings. The van der Waals surface area contributed by atoms with E-state index in [9.17, 15) is 25.9 Å². The average Bonchev–Trinajstić information content (AvgIpc) is 3.57. The van der Waals surface area contributed by atoms with Crippen LogP contribution in [0.25, 0.3) is 28.3 Å². The summed E-state index contributed by atoms with van der Waals surface area (Å²) in [5.74, 6) is 0.693. The van der Waals surface area contributed by atoms with E-state index in [1.54, 1.807) is 4.57 Å². The van der Waals surface area contributed by atoms with Gasteiger partial charge in [0.2, 0.25) is 11.5 Å². The summed E-state index contributed by atoms with van der Waals surface area (Å²) < 4.78 is 81.3. The number of hydrogen-bond donors (Lipinski definition) is 1. The third kappa shape index (κ3) is 8.54. The fourth-order valence-electron chi connectivity index (χ4n) is 5.63. The Morgan fingerprint density at radius 1 is 0.958 bits per heavy atom. The standard InChI is InChI=1S/C36H42N2O8S2/c1-5-26(22-34-37(18-10-11-20-47(39,40)41)31-25-29(36(3,4)6-2)15-17-33(31)46-34)23-35-38(19-21-48(42,43)44)30-24-28(14-16-32(30)45-35)27-12-8-7-9-13-27/h7-9,12-17,22-25H,5-6,10-11,18-21H2,1-4H3,(H-,39,40,41,42,43,44). The fraction of sp³-hybridized carbons (Fsp3) is 0.361. The lowest BCUT2D eigenvalue weighted by molar-refractivity contribution is -0.673. The third-order valence-corrected chi connectivity index (χ3v) is 10.3. The third-order valence-electron chi connectivity index (χ3n) is 8.86. The van der Waals surface area contributed by atoms with Gasteiger partial charge in [-0.05, 0) is 71.6 Å².